The minimum absolute atomic E-state index is 0.121. The van der Waals surface area contributed by atoms with Crippen molar-refractivity contribution >= 4 is 57.1 Å². The van der Waals surface area contributed by atoms with Crippen LogP contribution in [-0.4, -0.2) is 43.6 Å². The Morgan fingerprint density at radius 3 is 2.66 bits per heavy atom. The van der Waals surface area contributed by atoms with Crippen LogP contribution in [0.4, 0.5) is 0 Å². The van der Waals surface area contributed by atoms with Gasteiger partial charge in [-0.15, -0.1) is 0 Å². The third kappa shape index (κ3) is 4.95. The summed E-state index contributed by atoms with van der Waals surface area (Å²) in [6, 6.07) is 9.86. The Morgan fingerprint density at radius 2 is 1.94 bits per heavy atom. The first kappa shape index (κ1) is 23.9. The molecular weight excluding hydrogens is 478 g/mol. The van der Waals surface area contributed by atoms with Gasteiger partial charge in [0.2, 0.25) is 5.91 Å². The number of carbonyl (C=O) groups is 2. The zero-order valence-electron chi connectivity index (χ0n) is 19.9. The molecule has 2 aromatic heterocycles. The van der Waals surface area contributed by atoms with E-state index < -0.39 is 0 Å². The predicted molar refractivity (Wildman–Crippen MR) is 144 cm³/mol. The summed E-state index contributed by atoms with van der Waals surface area (Å²) >= 11 is 6.80. The van der Waals surface area contributed by atoms with Crippen molar-refractivity contribution in [3.05, 3.63) is 64.6 Å². The molecule has 0 saturated carbocycles. The van der Waals surface area contributed by atoms with E-state index in [0.717, 1.165) is 48.8 Å². The number of rotatable bonds is 6. The molecule has 2 amide bonds. The summed E-state index contributed by atoms with van der Waals surface area (Å²) in [4.78, 5) is 30.5. The Kier molecular flexibility index (Phi) is 7.11. The summed E-state index contributed by atoms with van der Waals surface area (Å²) in [6.07, 6.45) is 10.9. The van der Waals surface area contributed by atoms with Crippen molar-refractivity contribution in [2.75, 3.05) is 13.1 Å². The van der Waals surface area contributed by atoms with Gasteiger partial charge in [0.15, 0.2) is 0 Å². The number of likely N-dealkylation sites (tertiary alicyclic amines) is 1. The maximum Gasteiger partial charge on any atom is 0.266 e. The lowest BCUT2D eigenvalue weighted by Gasteiger charge is -2.21. The molecule has 3 aromatic rings. The lowest BCUT2D eigenvalue weighted by molar-refractivity contribution is -0.131. The maximum atomic E-state index is 13.2. The highest BCUT2D eigenvalue weighted by atomic mass is 32.2. The molecule has 4 heterocycles. The molecular formula is C27H29N3O3S2. The summed E-state index contributed by atoms with van der Waals surface area (Å²) < 4.78 is 7.99. The van der Waals surface area contributed by atoms with Gasteiger partial charge in [-0.25, -0.2) is 0 Å². The van der Waals surface area contributed by atoms with E-state index in [-0.39, 0.29) is 11.8 Å². The van der Waals surface area contributed by atoms with E-state index in [4.69, 9.17) is 16.6 Å². The second-order valence-electron chi connectivity index (χ2n) is 9.02. The van der Waals surface area contributed by atoms with E-state index in [2.05, 4.69) is 23.6 Å². The van der Waals surface area contributed by atoms with Crippen LogP contribution in [0.15, 0.2) is 52.1 Å². The predicted octanol–water partition coefficient (Wildman–Crippen LogP) is 5.60. The van der Waals surface area contributed by atoms with Crippen LogP contribution >= 0.6 is 24.0 Å². The van der Waals surface area contributed by atoms with Crippen molar-refractivity contribution in [2.24, 2.45) is 0 Å². The highest BCUT2D eigenvalue weighted by molar-refractivity contribution is 8.26. The van der Waals surface area contributed by atoms with Crippen LogP contribution in [0, 0.1) is 0 Å². The largest absolute Gasteiger partial charge is 0.467 e. The lowest BCUT2D eigenvalue weighted by atomic mass is 10.1. The minimum Gasteiger partial charge on any atom is -0.467 e. The van der Waals surface area contributed by atoms with Gasteiger partial charge in [0.05, 0.1) is 23.2 Å². The first-order valence-electron chi connectivity index (χ1n) is 12.2. The molecule has 0 spiro atoms. The standard InChI is InChI=1S/C27H29N3O3S2/c1-2-19-9-7-11-22-20(15-23-26(32)30(27(34)35-23)17-21-10-8-14-33-21)16-29(25(19)22)18-24(31)28-12-5-3-4-6-13-28/h7-11,14-16H,2-6,12-13,17-18H2,1H3/b23-15-. The number of thioether (sulfide) groups is 1. The number of furan rings is 1. The van der Waals surface area contributed by atoms with Crippen molar-refractivity contribution < 1.29 is 14.0 Å². The van der Waals surface area contributed by atoms with Gasteiger partial charge in [-0.1, -0.05) is 61.9 Å². The number of amides is 2. The summed E-state index contributed by atoms with van der Waals surface area (Å²) in [5.74, 6) is 0.731. The molecule has 2 fully saturated rings. The van der Waals surface area contributed by atoms with E-state index >= 15 is 0 Å². The zero-order chi connectivity index (χ0) is 24.4. The Labute approximate surface area is 214 Å². The summed E-state index contributed by atoms with van der Waals surface area (Å²) in [5.41, 5.74) is 3.18. The van der Waals surface area contributed by atoms with E-state index in [9.17, 15) is 9.59 Å². The lowest BCUT2D eigenvalue weighted by Crippen LogP contribution is -2.34. The molecule has 0 unspecified atom stereocenters. The van der Waals surface area contributed by atoms with Crippen LogP contribution in [-0.2, 0) is 29.1 Å². The molecule has 2 aliphatic rings. The Hall–Kier alpha value is -2.84. The summed E-state index contributed by atoms with van der Waals surface area (Å²) in [5, 5.41) is 1.05. The van der Waals surface area contributed by atoms with E-state index in [1.807, 2.05) is 29.3 Å². The summed E-state index contributed by atoms with van der Waals surface area (Å²) in [7, 11) is 0. The van der Waals surface area contributed by atoms with Crippen LogP contribution in [0.5, 0.6) is 0 Å². The van der Waals surface area contributed by atoms with Gasteiger partial charge in [-0.2, -0.15) is 0 Å². The molecule has 182 valence electrons. The van der Waals surface area contributed by atoms with Gasteiger partial charge in [0.25, 0.3) is 5.91 Å². The number of aromatic nitrogens is 1. The fraction of sp³-hybridized carbons (Fsp3) is 0.370. The molecule has 0 N–H and O–H groups in total. The molecule has 2 saturated heterocycles. The number of aryl methyl sites for hydroxylation is 1. The van der Waals surface area contributed by atoms with Crippen molar-refractivity contribution in [2.45, 2.75) is 52.1 Å². The van der Waals surface area contributed by atoms with Crippen molar-refractivity contribution in [3.8, 4) is 0 Å². The summed E-state index contributed by atoms with van der Waals surface area (Å²) in [6.45, 7) is 4.43. The van der Waals surface area contributed by atoms with Gasteiger partial charge in [0, 0.05) is 30.2 Å². The second-order valence-corrected chi connectivity index (χ2v) is 10.7. The van der Waals surface area contributed by atoms with Crippen LogP contribution in [0.3, 0.4) is 0 Å². The topological polar surface area (TPSA) is 58.7 Å². The maximum absolute atomic E-state index is 13.2. The van der Waals surface area contributed by atoms with Crippen LogP contribution < -0.4 is 0 Å². The first-order valence-corrected chi connectivity index (χ1v) is 13.4. The van der Waals surface area contributed by atoms with Crippen LogP contribution in [0.2, 0.25) is 0 Å². The average Bonchev–Trinajstić information content (AvgIpc) is 3.48. The number of carbonyl (C=O) groups excluding carboxylic acids is 2. The Balaban J connectivity index is 1.46. The van der Waals surface area contributed by atoms with Gasteiger partial charge in [0.1, 0.15) is 16.6 Å². The minimum atomic E-state index is -0.121. The number of hydrogen-bond acceptors (Lipinski definition) is 5. The van der Waals surface area contributed by atoms with Gasteiger partial charge in [-0.3, -0.25) is 14.5 Å². The monoisotopic (exact) mass is 507 g/mol. The van der Waals surface area contributed by atoms with Gasteiger partial charge in [-0.05, 0) is 43.0 Å². The zero-order valence-corrected chi connectivity index (χ0v) is 21.5. The molecule has 6 nitrogen and oxygen atoms in total. The molecule has 35 heavy (non-hydrogen) atoms. The number of fused-ring (bicyclic) bond motifs is 1. The number of nitrogens with zero attached hydrogens (tertiary/aromatic N) is 3. The van der Waals surface area contributed by atoms with Crippen molar-refractivity contribution in [1.82, 2.24) is 14.4 Å². The molecule has 0 aliphatic carbocycles. The number of thiocarbonyl (C=S) groups is 1. The Morgan fingerprint density at radius 1 is 1.14 bits per heavy atom. The number of para-hydroxylation sites is 1. The van der Waals surface area contributed by atoms with E-state index in [1.54, 1.807) is 17.2 Å². The number of benzene rings is 1. The molecule has 5 rings (SSSR count). The molecule has 0 bridgehead atoms. The van der Waals surface area contributed by atoms with Crippen molar-refractivity contribution in [1.29, 1.82) is 0 Å². The molecule has 2 aliphatic heterocycles. The molecule has 0 atom stereocenters. The van der Waals surface area contributed by atoms with Crippen LogP contribution in [0.1, 0.15) is 49.5 Å². The van der Waals surface area contributed by atoms with Gasteiger partial charge >= 0.3 is 0 Å². The smallest absolute Gasteiger partial charge is 0.266 e. The van der Waals surface area contributed by atoms with E-state index in [1.165, 1.54) is 30.2 Å². The molecule has 1 aromatic carbocycles. The normalized spacial score (nSPS) is 18.1. The fourth-order valence-electron chi connectivity index (χ4n) is 4.89. The SMILES string of the molecule is CCc1cccc2c(/C=C3\SC(=S)N(Cc4ccco4)C3=O)cn(CC(=O)N3CCCCCC3)c12. The average molecular weight is 508 g/mol. The quantitative estimate of drug-likeness (QED) is 0.321. The molecule has 0 radical (unpaired) electrons. The van der Waals surface area contributed by atoms with Crippen molar-refractivity contribution in [3.63, 3.8) is 0 Å². The number of hydrogen-bond donors (Lipinski definition) is 0. The third-order valence-corrected chi connectivity index (χ3v) is 8.09. The van der Waals surface area contributed by atoms with Crippen LogP contribution in [0.25, 0.3) is 17.0 Å². The molecule has 8 heteroatoms. The van der Waals surface area contributed by atoms with E-state index in [0.29, 0.717) is 28.1 Å². The van der Waals surface area contributed by atoms with Gasteiger partial charge < -0.3 is 13.9 Å². The fourth-order valence-corrected chi connectivity index (χ4v) is 6.14. The third-order valence-electron chi connectivity index (χ3n) is 6.71. The first-order chi connectivity index (χ1) is 17.0. The highest BCUT2D eigenvalue weighted by Crippen LogP contribution is 2.36. The Bertz CT molecular complexity index is 1280. The highest BCUT2D eigenvalue weighted by Gasteiger charge is 2.33. The second kappa shape index (κ2) is 10.4.